The van der Waals surface area contributed by atoms with Crippen LogP contribution in [0.4, 0.5) is 0 Å². The van der Waals surface area contributed by atoms with Crippen LogP contribution in [0.25, 0.3) is 21.7 Å². The van der Waals surface area contributed by atoms with Gasteiger partial charge in [-0.05, 0) is 43.3 Å². The van der Waals surface area contributed by atoms with E-state index in [1.54, 1.807) is 24.4 Å². The second-order valence-electron chi connectivity index (χ2n) is 5.98. The van der Waals surface area contributed by atoms with Gasteiger partial charge in [0.2, 0.25) is 0 Å². The van der Waals surface area contributed by atoms with Gasteiger partial charge in [-0.2, -0.15) is 0 Å². The average Bonchev–Trinajstić information content (AvgIpc) is 3.36. The van der Waals surface area contributed by atoms with Crippen LogP contribution >= 0.6 is 11.3 Å². The summed E-state index contributed by atoms with van der Waals surface area (Å²) >= 11 is 1.33. The van der Waals surface area contributed by atoms with E-state index in [9.17, 15) is 9.59 Å². The van der Waals surface area contributed by atoms with Crippen molar-refractivity contribution in [2.24, 2.45) is 0 Å². The van der Waals surface area contributed by atoms with Gasteiger partial charge in [0, 0.05) is 18.9 Å². The zero-order valence-electron chi connectivity index (χ0n) is 15.0. The lowest BCUT2D eigenvalue weighted by Crippen LogP contribution is -2.41. The lowest BCUT2D eigenvalue weighted by molar-refractivity contribution is 0.0848. The van der Waals surface area contributed by atoms with Crippen molar-refractivity contribution in [1.82, 2.24) is 25.4 Å². The van der Waals surface area contributed by atoms with Crippen LogP contribution < -0.4 is 10.9 Å². The molecule has 3 aromatic heterocycles. The predicted molar refractivity (Wildman–Crippen MR) is 108 cm³/mol. The van der Waals surface area contributed by atoms with Gasteiger partial charge in [0.25, 0.3) is 11.8 Å². The molecule has 2 amide bonds. The molecule has 4 rings (SSSR count). The molecule has 0 spiro atoms. The van der Waals surface area contributed by atoms with Gasteiger partial charge in [-0.15, -0.1) is 11.3 Å². The third-order valence-corrected chi connectivity index (χ3v) is 5.31. The van der Waals surface area contributed by atoms with Crippen molar-refractivity contribution < 1.29 is 9.59 Å². The SMILES string of the molecule is CCn1c(-c2ccc(C(=O)NNC(=O)c3cccnc3)s2)nc2ccccc21. The molecule has 0 aliphatic rings. The first kappa shape index (κ1) is 17.9. The third kappa shape index (κ3) is 3.37. The number of thiophene rings is 1. The Labute approximate surface area is 165 Å². The molecule has 7 nitrogen and oxygen atoms in total. The van der Waals surface area contributed by atoms with Gasteiger partial charge in [0.15, 0.2) is 5.82 Å². The molecule has 4 aromatic rings. The molecule has 0 radical (unpaired) electrons. The summed E-state index contributed by atoms with van der Waals surface area (Å²) in [5.41, 5.74) is 7.18. The number of aryl methyl sites for hydroxylation is 1. The maximum absolute atomic E-state index is 12.4. The molecule has 2 N–H and O–H groups in total. The first-order valence-electron chi connectivity index (χ1n) is 8.73. The second kappa shape index (κ2) is 7.61. The van der Waals surface area contributed by atoms with Crippen LogP contribution in [-0.4, -0.2) is 26.3 Å². The highest BCUT2D eigenvalue weighted by atomic mass is 32.1. The van der Waals surface area contributed by atoms with E-state index < -0.39 is 5.91 Å². The van der Waals surface area contributed by atoms with Crippen molar-refractivity contribution in [3.8, 4) is 10.7 Å². The molecule has 0 saturated heterocycles. The molecule has 0 aliphatic carbocycles. The number of hydrogen-bond acceptors (Lipinski definition) is 5. The lowest BCUT2D eigenvalue weighted by Gasteiger charge is -2.06. The third-order valence-electron chi connectivity index (χ3n) is 4.23. The molecule has 0 bridgehead atoms. The number of para-hydroxylation sites is 2. The number of nitrogens with zero attached hydrogens (tertiary/aromatic N) is 3. The number of carbonyl (C=O) groups is 2. The van der Waals surface area contributed by atoms with Crippen LogP contribution in [0.3, 0.4) is 0 Å². The molecule has 0 unspecified atom stereocenters. The maximum atomic E-state index is 12.4. The van der Waals surface area contributed by atoms with Crippen LogP contribution in [0.1, 0.15) is 27.0 Å². The molecule has 140 valence electrons. The van der Waals surface area contributed by atoms with E-state index in [4.69, 9.17) is 4.98 Å². The molecular formula is C20H17N5O2S. The van der Waals surface area contributed by atoms with E-state index in [0.29, 0.717) is 10.4 Å². The number of rotatable bonds is 4. The average molecular weight is 391 g/mol. The van der Waals surface area contributed by atoms with E-state index in [-0.39, 0.29) is 5.91 Å². The minimum atomic E-state index is -0.425. The lowest BCUT2D eigenvalue weighted by atomic mass is 10.3. The summed E-state index contributed by atoms with van der Waals surface area (Å²) in [6.45, 7) is 2.84. The highest BCUT2D eigenvalue weighted by Gasteiger charge is 2.16. The molecular weight excluding hydrogens is 374 g/mol. The van der Waals surface area contributed by atoms with Gasteiger partial charge in [0.05, 0.1) is 26.4 Å². The van der Waals surface area contributed by atoms with Crippen molar-refractivity contribution in [3.05, 3.63) is 71.4 Å². The molecule has 8 heteroatoms. The van der Waals surface area contributed by atoms with Gasteiger partial charge in [0.1, 0.15) is 0 Å². The van der Waals surface area contributed by atoms with Crippen LogP contribution in [0.5, 0.6) is 0 Å². The number of hydrazine groups is 1. The Kier molecular flexibility index (Phi) is 4.86. The summed E-state index contributed by atoms with van der Waals surface area (Å²) in [6, 6.07) is 14.8. The van der Waals surface area contributed by atoms with E-state index in [0.717, 1.165) is 28.3 Å². The predicted octanol–water partition coefficient (Wildman–Crippen LogP) is 3.25. The standard InChI is InChI=1S/C20H17N5O2S/c1-2-25-15-8-4-3-7-14(15)22-18(25)16-9-10-17(28-16)20(27)24-23-19(26)13-6-5-11-21-12-13/h3-12H,2H2,1H3,(H,23,26)(H,24,27). The fourth-order valence-electron chi connectivity index (χ4n) is 2.91. The summed E-state index contributed by atoms with van der Waals surface area (Å²) < 4.78 is 2.12. The monoisotopic (exact) mass is 391 g/mol. The topological polar surface area (TPSA) is 88.9 Å². The molecule has 0 atom stereocenters. The second-order valence-corrected chi connectivity index (χ2v) is 7.07. The first-order chi connectivity index (χ1) is 13.7. The van der Waals surface area contributed by atoms with Gasteiger partial charge in [-0.25, -0.2) is 4.98 Å². The van der Waals surface area contributed by atoms with E-state index in [1.165, 1.54) is 17.5 Å². The fourth-order valence-corrected chi connectivity index (χ4v) is 3.81. The molecule has 0 saturated carbocycles. The Morgan fingerprint density at radius 3 is 2.64 bits per heavy atom. The fraction of sp³-hybridized carbons (Fsp3) is 0.100. The Bertz CT molecular complexity index is 1150. The number of pyridine rings is 1. The number of aromatic nitrogens is 3. The Morgan fingerprint density at radius 1 is 1.04 bits per heavy atom. The zero-order valence-corrected chi connectivity index (χ0v) is 15.9. The van der Waals surface area contributed by atoms with Crippen molar-refractivity contribution >= 4 is 34.2 Å². The Balaban J connectivity index is 1.51. The van der Waals surface area contributed by atoms with Gasteiger partial charge < -0.3 is 4.57 Å². The van der Waals surface area contributed by atoms with Crippen LogP contribution in [0, 0.1) is 0 Å². The molecule has 3 heterocycles. The smallest absolute Gasteiger partial charge is 0.279 e. The summed E-state index contributed by atoms with van der Waals surface area (Å²) in [4.78, 5) is 34.4. The number of amides is 2. The summed E-state index contributed by atoms with van der Waals surface area (Å²) in [5.74, 6) is 0.0193. The van der Waals surface area contributed by atoms with Crippen molar-refractivity contribution in [2.75, 3.05) is 0 Å². The number of fused-ring (bicyclic) bond motifs is 1. The van der Waals surface area contributed by atoms with Gasteiger partial charge in [-0.1, -0.05) is 12.1 Å². The maximum Gasteiger partial charge on any atom is 0.279 e. The number of imidazole rings is 1. The van der Waals surface area contributed by atoms with Crippen molar-refractivity contribution in [2.45, 2.75) is 13.5 Å². The van der Waals surface area contributed by atoms with Gasteiger partial charge in [-0.3, -0.25) is 25.4 Å². The minimum absolute atomic E-state index is 0.367. The molecule has 0 fully saturated rings. The first-order valence-corrected chi connectivity index (χ1v) is 9.55. The highest BCUT2D eigenvalue weighted by molar-refractivity contribution is 7.17. The molecule has 0 aliphatic heterocycles. The van der Waals surface area contributed by atoms with E-state index >= 15 is 0 Å². The Hall–Kier alpha value is -3.52. The van der Waals surface area contributed by atoms with Crippen LogP contribution in [0.15, 0.2) is 60.9 Å². The highest BCUT2D eigenvalue weighted by Crippen LogP contribution is 2.30. The molecule has 1 aromatic carbocycles. The number of hydrogen-bond donors (Lipinski definition) is 2. The van der Waals surface area contributed by atoms with E-state index in [1.807, 2.05) is 30.3 Å². The van der Waals surface area contributed by atoms with Crippen molar-refractivity contribution in [3.63, 3.8) is 0 Å². The largest absolute Gasteiger partial charge is 0.324 e. The Morgan fingerprint density at radius 2 is 1.86 bits per heavy atom. The molecule has 28 heavy (non-hydrogen) atoms. The van der Waals surface area contributed by atoms with Crippen molar-refractivity contribution in [1.29, 1.82) is 0 Å². The van der Waals surface area contributed by atoms with Gasteiger partial charge >= 0.3 is 0 Å². The summed E-state index contributed by atoms with van der Waals surface area (Å²) in [7, 11) is 0. The quantitative estimate of drug-likeness (QED) is 0.523. The number of nitrogens with one attached hydrogen (secondary N) is 2. The van der Waals surface area contributed by atoms with Crippen LogP contribution in [-0.2, 0) is 6.54 Å². The minimum Gasteiger partial charge on any atom is -0.324 e. The normalized spacial score (nSPS) is 10.8. The summed E-state index contributed by atoms with van der Waals surface area (Å²) in [5, 5.41) is 0. The zero-order chi connectivity index (χ0) is 19.5. The number of carbonyl (C=O) groups excluding carboxylic acids is 2. The van der Waals surface area contributed by atoms with Crippen LogP contribution in [0.2, 0.25) is 0 Å². The number of benzene rings is 1. The van der Waals surface area contributed by atoms with E-state index in [2.05, 4.69) is 27.3 Å². The summed E-state index contributed by atoms with van der Waals surface area (Å²) in [6.07, 6.45) is 3.01.